The Bertz CT molecular complexity index is 188. The maximum atomic E-state index is 2.83. The summed E-state index contributed by atoms with van der Waals surface area (Å²) >= 11 is 2.15. The first-order valence-corrected chi connectivity index (χ1v) is 7.41. The SMILES string of the molecule is C1CC2CN(C3CCSCC3)CC2C1. The quantitative estimate of drug-likeness (QED) is 0.656. The summed E-state index contributed by atoms with van der Waals surface area (Å²) < 4.78 is 0. The van der Waals surface area contributed by atoms with Crippen LogP contribution in [0.4, 0.5) is 0 Å². The predicted octanol–water partition coefficient (Wildman–Crippen LogP) is 2.61. The molecule has 0 aromatic heterocycles. The molecule has 0 spiro atoms. The van der Waals surface area contributed by atoms with Crippen LogP contribution in [0.25, 0.3) is 0 Å². The Balaban J connectivity index is 1.59. The monoisotopic (exact) mass is 211 g/mol. The molecule has 0 aromatic carbocycles. The zero-order valence-corrected chi connectivity index (χ0v) is 9.77. The highest BCUT2D eigenvalue weighted by atomic mass is 32.2. The Hall–Kier alpha value is 0.310. The van der Waals surface area contributed by atoms with E-state index in [1.54, 1.807) is 0 Å². The van der Waals surface area contributed by atoms with Gasteiger partial charge in [-0.3, -0.25) is 4.90 Å². The number of nitrogens with zero attached hydrogens (tertiary/aromatic N) is 1. The highest BCUT2D eigenvalue weighted by Crippen LogP contribution is 2.39. The number of hydrogen-bond acceptors (Lipinski definition) is 2. The Morgan fingerprint density at radius 3 is 2.14 bits per heavy atom. The molecule has 2 unspecified atom stereocenters. The molecule has 2 heteroatoms. The van der Waals surface area contributed by atoms with Gasteiger partial charge in [0, 0.05) is 19.1 Å². The van der Waals surface area contributed by atoms with E-state index >= 15 is 0 Å². The second-order valence-corrected chi connectivity index (χ2v) is 6.47. The third-order valence-electron chi connectivity index (χ3n) is 4.46. The molecular formula is C12H21NS. The zero-order valence-electron chi connectivity index (χ0n) is 8.95. The molecule has 2 aliphatic heterocycles. The highest BCUT2D eigenvalue weighted by Gasteiger charge is 2.38. The van der Waals surface area contributed by atoms with Gasteiger partial charge in [-0.15, -0.1) is 0 Å². The first-order valence-electron chi connectivity index (χ1n) is 6.25. The normalized spacial score (nSPS) is 40.3. The molecule has 2 heterocycles. The van der Waals surface area contributed by atoms with Gasteiger partial charge in [0.2, 0.25) is 0 Å². The van der Waals surface area contributed by atoms with E-state index < -0.39 is 0 Å². The van der Waals surface area contributed by atoms with Crippen molar-refractivity contribution in [3.05, 3.63) is 0 Å². The number of hydrogen-bond donors (Lipinski definition) is 0. The van der Waals surface area contributed by atoms with E-state index in [1.165, 1.54) is 56.7 Å². The van der Waals surface area contributed by atoms with E-state index in [1.807, 2.05) is 0 Å². The molecule has 2 saturated heterocycles. The first kappa shape index (κ1) is 9.53. The molecule has 0 amide bonds. The molecule has 1 saturated carbocycles. The van der Waals surface area contributed by atoms with Crippen molar-refractivity contribution in [3.63, 3.8) is 0 Å². The standard InChI is InChI=1S/C12H21NS/c1-2-10-8-13(9-11(10)3-1)12-4-6-14-7-5-12/h10-12H,1-9H2. The molecule has 3 aliphatic rings. The van der Waals surface area contributed by atoms with Gasteiger partial charge in [0.1, 0.15) is 0 Å². The summed E-state index contributed by atoms with van der Waals surface area (Å²) in [4.78, 5) is 2.83. The number of thioether (sulfide) groups is 1. The van der Waals surface area contributed by atoms with Crippen molar-refractivity contribution in [1.82, 2.24) is 4.90 Å². The zero-order chi connectivity index (χ0) is 9.38. The summed E-state index contributed by atoms with van der Waals surface area (Å²) in [5, 5.41) is 0. The first-order chi connectivity index (χ1) is 6.93. The molecule has 0 radical (unpaired) electrons. The van der Waals surface area contributed by atoms with E-state index in [0.717, 1.165) is 17.9 Å². The minimum atomic E-state index is 0.960. The molecule has 3 fully saturated rings. The van der Waals surface area contributed by atoms with Gasteiger partial charge in [0.15, 0.2) is 0 Å². The Labute approximate surface area is 91.6 Å². The van der Waals surface area contributed by atoms with Crippen LogP contribution in [0, 0.1) is 11.8 Å². The smallest absolute Gasteiger partial charge is 0.0111 e. The van der Waals surface area contributed by atoms with Gasteiger partial charge < -0.3 is 0 Å². The predicted molar refractivity (Wildman–Crippen MR) is 62.8 cm³/mol. The Morgan fingerprint density at radius 2 is 1.50 bits per heavy atom. The third kappa shape index (κ3) is 1.71. The fourth-order valence-corrected chi connectivity index (χ4v) is 4.70. The number of rotatable bonds is 1. The minimum absolute atomic E-state index is 0.960. The van der Waals surface area contributed by atoms with E-state index in [0.29, 0.717) is 0 Å². The molecule has 3 rings (SSSR count). The van der Waals surface area contributed by atoms with Crippen molar-refractivity contribution < 1.29 is 0 Å². The van der Waals surface area contributed by atoms with E-state index in [-0.39, 0.29) is 0 Å². The summed E-state index contributed by atoms with van der Waals surface area (Å²) in [6.07, 6.45) is 7.50. The van der Waals surface area contributed by atoms with Crippen LogP contribution >= 0.6 is 11.8 Å². The van der Waals surface area contributed by atoms with Gasteiger partial charge in [0.05, 0.1) is 0 Å². The van der Waals surface area contributed by atoms with Gasteiger partial charge in [-0.2, -0.15) is 11.8 Å². The molecule has 0 N–H and O–H groups in total. The maximum absolute atomic E-state index is 2.83. The second-order valence-electron chi connectivity index (χ2n) is 5.25. The van der Waals surface area contributed by atoms with Crippen LogP contribution in [0.5, 0.6) is 0 Å². The van der Waals surface area contributed by atoms with Crippen LogP contribution in [0.1, 0.15) is 32.1 Å². The molecule has 1 aliphatic carbocycles. The summed E-state index contributed by atoms with van der Waals surface area (Å²) in [6.45, 7) is 2.89. The van der Waals surface area contributed by atoms with Crippen LogP contribution in [-0.2, 0) is 0 Å². The van der Waals surface area contributed by atoms with Crippen molar-refractivity contribution in [1.29, 1.82) is 0 Å². The van der Waals surface area contributed by atoms with Crippen molar-refractivity contribution in [2.45, 2.75) is 38.1 Å². The lowest BCUT2D eigenvalue weighted by Gasteiger charge is -2.31. The van der Waals surface area contributed by atoms with Crippen LogP contribution in [0.3, 0.4) is 0 Å². The van der Waals surface area contributed by atoms with E-state index in [2.05, 4.69) is 16.7 Å². The third-order valence-corrected chi connectivity index (χ3v) is 5.51. The van der Waals surface area contributed by atoms with E-state index in [9.17, 15) is 0 Å². The topological polar surface area (TPSA) is 3.24 Å². The molecule has 0 bridgehead atoms. The molecule has 14 heavy (non-hydrogen) atoms. The summed E-state index contributed by atoms with van der Waals surface area (Å²) in [6, 6.07) is 0.960. The lowest BCUT2D eigenvalue weighted by Crippen LogP contribution is -2.36. The fraction of sp³-hybridized carbons (Fsp3) is 1.00. The van der Waals surface area contributed by atoms with Crippen LogP contribution in [0.2, 0.25) is 0 Å². The van der Waals surface area contributed by atoms with Gasteiger partial charge in [-0.1, -0.05) is 6.42 Å². The van der Waals surface area contributed by atoms with Gasteiger partial charge in [-0.25, -0.2) is 0 Å². The van der Waals surface area contributed by atoms with Gasteiger partial charge >= 0.3 is 0 Å². The van der Waals surface area contributed by atoms with Crippen molar-refractivity contribution in [2.24, 2.45) is 11.8 Å². The van der Waals surface area contributed by atoms with E-state index in [4.69, 9.17) is 0 Å². The van der Waals surface area contributed by atoms with Gasteiger partial charge in [-0.05, 0) is 49.0 Å². The minimum Gasteiger partial charge on any atom is -0.300 e. The Morgan fingerprint density at radius 1 is 0.857 bits per heavy atom. The summed E-state index contributed by atoms with van der Waals surface area (Å²) in [7, 11) is 0. The molecule has 2 atom stereocenters. The van der Waals surface area contributed by atoms with Crippen molar-refractivity contribution >= 4 is 11.8 Å². The Kier molecular flexibility index (Phi) is 2.76. The summed E-state index contributed by atoms with van der Waals surface area (Å²) in [5.41, 5.74) is 0. The van der Waals surface area contributed by atoms with Crippen LogP contribution < -0.4 is 0 Å². The maximum Gasteiger partial charge on any atom is 0.0111 e. The number of likely N-dealkylation sites (tertiary alicyclic amines) is 1. The van der Waals surface area contributed by atoms with Gasteiger partial charge in [0.25, 0.3) is 0 Å². The lowest BCUT2D eigenvalue weighted by atomic mass is 10.0. The van der Waals surface area contributed by atoms with Crippen LogP contribution in [0.15, 0.2) is 0 Å². The lowest BCUT2D eigenvalue weighted by molar-refractivity contribution is 0.213. The highest BCUT2D eigenvalue weighted by molar-refractivity contribution is 7.99. The van der Waals surface area contributed by atoms with Crippen molar-refractivity contribution in [2.75, 3.05) is 24.6 Å². The number of fused-ring (bicyclic) bond motifs is 1. The average Bonchev–Trinajstić information content (AvgIpc) is 2.78. The van der Waals surface area contributed by atoms with Crippen molar-refractivity contribution in [3.8, 4) is 0 Å². The largest absolute Gasteiger partial charge is 0.300 e. The van der Waals surface area contributed by atoms with Crippen LogP contribution in [-0.4, -0.2) is 35.5 Å². The average molecular weight is 211 g/mol. The molecule has 0 aromatic rings. The molecular weight excluding hydrogens is 190 g/mol. The second kappa shape index (κ2) is 4.05. The summed E-state index contributed by atoms with van der Waals surface area (Å²) in [5.74, 6) is 5.00. The molecule has 80 valence electrons. The fourth-order valence-electron chi connectivity index (χ4n) is 3.62. The molecule has 1 nitrogen and oxygen atoms in total.